The molecule has 0 saturated heterocycles. The number of carbonyl (C=O) groups is 1. The van der Waals surface area contributed by atoms with Crippen LogP contribution in [0.3, 0.4) is 0 Å². The summed E-state index contributed by atoms with van der Waals surface area (Å²) in [5.41, 5.74) is 2.40. The summed E-state index contributed by atoms with van der Waals surface area (Å²) in [5, 5.41) is 3.14. The number of hydrogen-bond acceptors (Lipinski definition) is 1. The molecule has 0 unspecified atom stereocenters. The Morgan fingerprint density at radius 3 is 2.48 bits per heavy atom. The van der Waals surface area contributed by atoms with Crippen LogP contribution in [-0.2, 0) is 4.79 Å². The lowest BCUT2D eigenvalue weighted by molar-refractivity contribution is -0.117. The smallest absolute Gasteiger partial charge is 0.244 e. The van der Waals surface area contributed by atoms with Gasteiger partial charge in [0.2, 0.25) is 5.91 Å². The molecule has 1 N–H and O–H groups in total. The van der Waals surface area contributed by atoms with Crippen LogP contribution >= 0.6 is 0 Å². The number of rotatable bonds is 4. The van der Waals surface area contributed by atoms with Gasteiger partial charge in [0.25, 0.3) is 0 Å². The van der Waals surface area contributed by atoms with E-state index in [2.05, 4.69) is 50.4 Å². The fourth-order valence-corrected chi connectivity index (χ4v) is 2.93. The second kappa shape index (κ2) is 7.44. The molecule has 2 atom stereocenters. The van der Waals surface area contributed by atoms with Crippen LogP contribution in [0.25, 0.3) is 6.08 Å². The minimum Gasteiger partial charge on any atom is -0.350 e. The van der Waals surface area contributed by atoms with Crippen molar-refractivity contribution in [1.82, 2.24) is 5.32 Å². The van der Waals surface area contributed by atoms with Gasteiger partial charge in [0.15, 0.2) is 0 Å². The standard InChI is InChI=1S/C19H27NO/c1-14(2)17-11-8-16(9-12-17)10-13-19(21)20-18-7-5-4-6-15(18)3/h8-15,18H,4-7H2,1-3H3,(H,20,21)/b13-10+/t15-,18+/m1/s1. The van der Waals surface area contributed by atoms with Gasteiger partial charge in [0, 0.05) is 12.1 Å². The lowest BCUT2D eigenvalue weighted by atomic mass is 9.86. The Bertz CT molecular complexity index is 487. The maximum Gasteiger partial charge on any atom is 0.244 e. The third kappa shape index (κ3) is 4.73. The summed E-state index contributed by atoms with van der Waals surface area (Å²) in [6.07, 6.45) is 8.43. The zero-order valence-corrected chi connectivity index (χ0v) is 13.4. The van der Waals surface area contributed by atoms with Gasteiger partial charge in [-0.25, -0.2) is 0 Å². The van der Waals surface area contributed by atoms with E-state index >= 15 is 0 Å². The van der Waals surface area contributed by atoms with Crippen molar-refractivity contribution in [3.05, 3.63) is 41.5 Å². The van der Waals surface area contributed by atoms with Crippen LogP contribution in [0, 0.1) is 5.92 Å². The van der Waals surface area contributed by atoms with Crippen molar-refractivity contribution in [2.75, 3.05) is 0 Å². The molecule has 2 nitrogen and oxygen atoms in total. The van der Waals surface area contributed by atoms with Crippen LogP contribution in [0.15, 0.2) is 30.3 Å². The van der Waals surface area contributed by atoms with E-state index < -0.39 is 0 Å². The summed E-state index contributed by atoms with van der Waals surface area (Å²) in [7, 11) is 0. The fourth-order valence-electron chi connectivity index (χ4n) is 2.93. The van der Waals surface area contributed by atoms with E-state index in [9.17, 15) is 4.79 Å². The molecule has 0 spiro atoms. The Labute approximate surface area is 128 Å². The number of amides is 1. The first-order chi connectivity index (χ1) is 10.1. The van der Waals surface area contributed by atoms with E-state index in [0.717, 1.165) is 12.0 Å². The molecule has 1 amide bonds. The molecule has 21 heavy (non-hydrogen) atoms. The lowest BCUT2D eigenvalue weighted by Crippen LogP contribution is -2.40. The SMILES string of the molecule is CC(C)c1ccc(/C=C/C(=O)N[C@H]2CCCC[C@H]2C)cc1. The normalized spacial score (nSPS) is 22.7. The third-order valence-electron chi connectivity index (χ3n) is 4.47. The van der Waals surface area contributed by atoms with Crippen molar-refractivity contribution in [3.8, 4) is 0 Å². The minimum atomic E-state index is 0.0293. The second-order valence-electron chi connectivity index (χ2n) is 6.53. The summed E-state index contributed by atoms with van der Waals surface area (Å²) in [6.45, 7) is 6.60. The third-order valence-corrected chi connectivity index (χ3v) is 4.47. The first kappa shape index (κ1) is 15.8. The molecular formula is C19H27NO. The van der Waals surface area contributed by atoms with Crippen LogP contribution in [0.4, 0.5) is 0 Å². The molecule has 1 fully saturated rings. The van der Waals surface area contributed by atoms with Crippen molar-refractivity contribution in [3.63, 3.8) is 0 Å². The van der Waals surface area contributed by atoms with E-state index in [4.69, 9.17) is 0 Å². The molecule has 1 aromatic rings. The van der Waals surface area contributed by atoms with E-state index in [1.54, 1.807) is 6.08 Å². The van der Waals surface area contributed by atoms with Crippen molar-refractivity contribution in [2.24, 2.45) is 5.92 Å². The molecule has 0 radical (unpaired) electrons. The van der Waals surface area contributed by atoms with Gasteiger partial charge in [-0.1, -0.05) is 57.9 Å². The quantitative estimate of drug-likeness (QED) is 0.810. The molecule has 114 valence electrons. The van der Waals surface area contributed by atoms with Crippen molar-refractivity contribution < 1.29 is 4.79 Å². The van der Waals surface area contributed by atoms with E-state index in [1.807, 2.05) is 6.08 Å². The van der Waals surface area contributed by atoms with Gasteiger partial charge in [-0.3, -0.25) is 4.79 Å². The Hall–Kier alpha value is -1.57. The van der Waals surface area contributed by atoms with Crippen molar-refractivity contribution in [2.45, 2.75) is 58.4 Å². The maximum absolute atomic E-state index is 12.0. The number of carbonyl (C=O) groups excluding carboxylic acids is 1. The van der Waals surface area contributed by atoms with E-state index in [0.29, 0.717) is 17.9 Å². The molecule has 1 aromatic carbocycles. The molecule has 2 heteroatoms. The van der Waals surface area contributed by atoms with Crippen molar-refractivity contribution in [1.29, 1.82) is 0 Å². The molecule has 0 heterocycles. The summed E-state index contributed by atoms with van der Waals surface area (Å²) >= 11 is 0. The van der Waals surface area contributed by atoms with Crippen LogP contribution in [-0.4, -0.2) is 11.9 Å². The molecule has 0 bridgehead atoms. The molecular weight excluding hydrogens is 258 g/mol. The highest BCUT2D eigenvalue weighted by atomic mass is 16.1. The van der Waals surface area contributed by atoms with Gasteiger partial charge < -0.3 is 5.32 Å². The molecule has 1 aliphatic rings. The lowest BCUT2D eigenvalue weighted by Gasteiger charge is -2.29. The van der Waals surface area contributed by atoms with Crippen molar-refractivity contribution >= 4 is 12.0 Å². The van der Waals surface area contributed by atoms with Gasteiger partial charge in [-0.15, -0.1) is 0 Å². The van der Waals surface area contributed by atoms with Gasteiger partial charge in [-0.05, 0) is 41.9 Å². The summed E-state index contributed by atoms with van der Waals surface area (Å²) < 4.78 is 0. The van der Waals surface area contributed by atoms with E-state index in [1.165, 1.54) is 24.8 Å². The van der Waals surface area contributed by atoms with Gasteiger partial charge in [-0.2, -0.15) is 0 Å². The fraction of sp³-hybridized carbons (Fsp3) is 0.526. The first-order valence-corrected chi connectivity index (χ1v) is 8.15. The highest BCUT2D eigenvalue weighted by Crippen LogP contribution is 2.23. The van der Waals surface area contributed by atoms with E-state index in [-0.39, 0.29) is 5.91 Å². The van der Waals surface area contributed by atoms with Gasteiger partial charge in [0.1, 0.15) is 0 Å². The van der Waals surface area contributed by atoms with Crippen LogP contribution in [0.5, 0.6) is 0 Å². The maximum atomic E-state index is 12.0. The predicted octanol–water partition coefficient (Wildman–Crippen LogP) is 4.52. The Kier molecular flexibility index (Phi) is 5.60. The first-order valence-electron chi connectivity index (χ1n) is 8.15. The Balaban J connectivity index is 1.89. The van der Waals surface area contributed by atoms with Crippen LogP contribution in [0.1, 0.15) is 63.5 Å². The Morgan fingerprint density at radius 2 is 1.86 bits per heavy atom. The Morgan fingerprint density at radius 1 is 1.19 bits per heavy atom. The number of benzene rings is 1. The highest BCUT2D eigenvalue weighted by Gasteiger charge is 2.21. The molecule has 1 saturated carbocycles. The summed E-state index contributed by atoms with van der Waals surface area (Å²) in [6, 6.07) is 8.75. The average molecular weight is 285 g/mol. The average Bonchev–Trinajstić information content (AvgIpc) is 2.48. The van der Waals surface area contributed by atoms with Gasteiger partial charge >= 0.3 is 0 Å². The zero-order valence-electron chi connectivity index (χ0n) is 13.4. The minimum absolute atomic E-state index is 0.0293. The zero-order chi connectivity index (χ0) is 15.2. The number of nitrogens with one attached hydrogen (secondary N) is 1. The molecule has 2 rings (SSSR count). The van der Waals surface area contributed by atoms with Crippen LogP contribution in [0.2, 0.25) is 0 Å². The van der Waals surface area contributed by atoms with Crippen LogP contribution < -0.4 is 5.32 Å². The number of hydrogen-bond donors (Lipinski definition) is 1. The molecule has 1 aliphatic carbocycles. The molecule has 0 aromatic heterocycles. The monoisotopic (exact) mass is 285 g/mol. The summed E-state index contributed by atoms with van der Waals surface area (Å²) in [5.74, 6) is 1.17. The molecule has 0 aliphatic heterocycles. The van der Waals surface area contributed by atoms with Gasteiger partial charge in [0.05, 0.1) is 0 Å². The highest BCUT2D eigenvalue weighted by molar-refractivity contribution is 5.91. The predicted molar refractivity (Wildman–Crippen MR) is 89.1 cm³/mol. The second-order valence-corrected chi connectivity index (χ2v) is 6.53. The topological polar surface area (TPSA) is 29.1 Å². The summed E-state index contributed by atoms with van der Waals surface area (Å²) in [4.78, 5) is 12.0. The largest absolute Gasteiger partial charge is 0.350 e.